The molecular formula is C12H11FN2O. The molecule has 0 aromatic carbocycles. The van der Waals surface area contributed by atoms with Gasteiger partial charge in [-0.3, -0.25) is 4.79 Å². The second-order valence-corrected chi connectivity index (χ2v) is 3.81. The Morgan fingerprint density at radius 1 is 1.56 bits per heavy atom. The number of alkyl halides is 1. The first-order valence-corrected chi connectivity index (χ1v) is 4.98. The van der Waals surface area contributed by atoms with E-state index in [2.05, 4.69) is 16.8 Å². The Hall–Kier alpha value is -1.89. The summed E-state index contributed by atoms with van der Waals surface area (Å²) in [5, 5.41) is 0. The summed E-state index contributed by atoms with van der Waals surface area (Å²) in [7, 11) is 0. The number of carbonyl (C=O) groups is 1. The van der Waals surface area contributed by atoms with Gasteiger partial charge in [0, 0.05) is 13.1 Å². The normalized spacial score (nSPS) is 17.0. The predicted octanol–water partition coefficient (Wildman–Crippen LogP) is 1.00. The van der Waals surface area contributed by atoms with Gasteiger partial charge in [0.15, 0.2) is 0 Å². The molecule has 1 fully saturated rings. The maximum atomic E-state index is 13.8. The number of carbonyl (C=O) groups excluding carboxylic acids is 1. The van der Waals surface area contributed by atoms with Gasteiger partial charge in [-0.15, -0.1) is 0 Å². The fourth-order valence-electron chi connectivity index (χ4n) is 1.47. The number of amides is 1. The summed E-state index contributed by atoms with van der Waals surface area (Å²) < 4.78 is 13.8. The Labute approximate surface area is 93.3 Å². The Bertz CT molecular complexity index is 455. The highest BCUT2D eigenvalue weighted by molar-refractivity contribution is 5.75. The van der Waals surface area contributed by atoms with Crippen molar-refractivity contribution >= 4 is 5.91 Å². The second kappa shape index (κ2) is 3.93. The molecule has 0 spiro atoms. The lowest BCUT2D eigenvalue weighted by Gasteiger charge is -2.40. The molecule has 2 heterocycles. The van der Waals surface area contributed by atoms with E-state index in [0.717, 1.165) is 0 Å². The van der Waals surface area contributed by atoms with Gasteiger partial charge < -0.3 is 4.90 Å². The molecule has 0 unspecified atom stereocenters. The van der Waals surface area contributed by atoms with Gasteiger partial charge in [-0.05, 0) is 18.1 Å². The Kier molecular flexibility index (Phi) is 2.61. The summed E-state index contributed by atoms with van der Waals surface area (Å²) in [4.78, 5) is 16.3. The third-order valence-electron chi connectivity index (χ3n) is 2.41. The fraction of sp³-hybridized carbons (Fsp3) is 0.333. The SMILES string of the molecule is CC(=O)N1CC(F)(C#Cc2ccccn2)C1. The first-order valence-electron chi connectivity index (χ1n) is 4.98. The predicted molar refractivity (Wildman–Crippen MR) is 57.2 cm³/mol. The van der Waals surface area contributed by atoms with Crippen LogP contribution in [-0.4, -0.2) is 34.5 Å². The van der Waals surface area contributed by atoms with E-state index < -0.39 is 5.67 Å². The summed E-state index contributed by atoms with van der Waals surface area (Å²) in [5.41, 5.74) is -1.02. The number of aromatic nitrogens is 1. The molecule has 1 amide bonds. The quantitative estimate of drug-likeness (QED) is 0.609. The molecule has 16 heavy (non-hydrogen) atoms. The maximum Gasteiger partial charge on any atom is 0.219 e. The van der Waals surface area contributed by atoms with Crippen LogP contribution in [0.5, 0.6) is 0 Å². The molecule has 4 heteroatoms. The Morgan fingerprint density at radius 2 is 2.31 bits per heavy atom. The summed E-state index contributed by atoms with van der Waals surface area (Å²) in [6.07, 6.45) is 1.61. The van der Waals surface area contributed by atoms with Crippen molar-refractivity contribution in [1.82, 2.24) is 9.88 Å². The Balaban J connectivity index is 2.02. The van der Waals surface area contributed by atoms with Gasteiger partial charge in [-0.1, -0.05) is 12.0 Å². The molecule has 1 aliphatic rings. The zero-order valence-corrected chi connectivity index (χ0v) is 8.90. The van der Waals surface area contributed by atoms with Crippen LogP contribution >= 0.6 is 0 Å². The van der Waals surface area contributed by atoms with E-state index in [1.807, 2.05) is 0 Å². The van der Waals surface area contributed by atoms with Crippen LogP contribution in [0.4, 0.5) is 4.39 Å². The third kappa shape index (κ3) is 2.19. The van der Waals surface area contributed by atoms with Crippen LogP contribution in [0.25, 0.3) is 0 Å². The molecule has 82 valence electrons. The van der Waals surface area contributed by atoms with E-state index in [4.69, 9.17) is 0 Å². The van der Waals surface area contributed by atoms with E-state index in [-0.39, 0.29) is 19.0 Å². The average Bonchev–Trinajstić information content (AvgIpc) is 2.24. The van der Waals surface area contributed by atoms with E-state index in [1.54, 1.807) is 24.4 Å². The van der Waals surface area contributed by atoms with Crippen molar-refractivity contribution in [2.45, 2.75) is 12.6 Å². The van der Waals surface area contributed by atoms with Crippen LogP contribution in [0, 0.1) is 11.8 Å². The molecular weight excluding hydrogens is 207 g/mol. The van der Waals surface area contributed by atoms with Gasteiger partial charge in [-0.2, -0.15) is 0 Å². The fourth-order valence-corrected chi connectivity index (χ4v) is 1.47. The van der Waals surface area contributed by atoms with Gasteiger partial charge in [0.25, 0.3) is 0 Å². The average molecular weight is 218 g/mol. The van der Waals surface area contributed by atoms with Crippen molar-refractivity contribution in [3.05, 3.63) is 30.1 Å². The molecule has 2 rings (SSSR count). The molecule has 1 aliphatic heterocycles. The van der Waals surface area contributed by atoms with Crippen LogP contribution < -0.4 is 0 Å². The molecule has 1 aromatic rings. The molecule has 0 bridgehead atoms. The van der Waals surface area contributed by atoms with Crippen LogP contribution in [0.2, 0.25) is 0 Å². The smallest absolute Gasteiger partial charge is 0.219 e. The van der Waals surface area contributed by atoms with E-state index >= 15 is 0 Å². The number of pyridine rings is 1. The number of rotatable bonds is 0. The lowest BCUT2D eigenvalue weighted by atomic mass is 9.97. The highest BCUT2D eigenvalue weighted by atomic mass is 19.1. The molecule has 0 N–H and O–H groups in total. The van der Waals surface area contributed by atoms with Crippen molar-refractivity contribution in [1.29, 1.82) is 0 Å². The lowest BCUT2D eigenvalue weighted by Crippen LogP contribution is -2.59. The van der Waals surface area contributed by atoms with Gasteiger partial charge in [-0.25, -0.2) is 9.37 Å². The minimum atomic E-state index is -1.57. The number of likely N-dealkylation sites (tertiary alicyclic amines) is 1. The molecule has 0 radical (unpaired) electrons. The van der Waals surface area contributed by atoms with Crippen molar-refractivity contribution in [3.63, 3.8) is 0 Å². The maximum absolute atomic E-state index is 13.8. The van der Waals surface area contributed by atoms with E-state index in [9.17, 15) is 9.18 Å². The summed E-state index contributed by atoms with van der Waals surface area (Å²) >= 11 is 0. The monoisotopic (exact) mass is 218 g/mol. The number of hydrogen-bond acceptors (Lipinski definition) is 2. The third-order valence-corrected chi connectivity index (χ3v) is 2.41. The van der Waals surface area contributed by atoms with Crippen molar-refractivity contribution in [3.8, 4) is 11.8 Å². The molecule has 1 aromatic heterocycles. The minimum Gasteiger partial charge on any atom is -0.334 e. The van der Waals surface area contributed by atoms with E-state index in [0.29, 0.717) is 5.69 Å². The van der Waals surface area contributed by atoms with Crippen LogP contribution in [-0.2, 0) is 4.79 Å². The number of hydrogen-bond donors (Lipinski definition) is 0. The van der Waals surface area contributed by atoms with Crippen LogP contribution in [0.3, 0.4) is 0 Å². The van der Waals surface area contributed by atoms with Crippen LogP contribution in [0.15, 0.2) is 24.4 Å². The Morgan fingerprint density at radius 3 is 2.88 bits per heavy atom. The summed E-state index contributed by atoms with van der Waals surface area (Å²) in [6.45, 7) is 1.54. The van der Waals surface area contributed by atoms with E-state index in [1.165, 1.54) is 11.8 Å². The first kappa shape index (κ1) is 10.6. The van der Waals surface area contributed by atoms with Crippen molar-refractivity contribution < 1.29 is 9.18 Å². The van der Waals surface area contributed by atoms with Crippen LogP contribution in [0.1, 0.15) is 12.6 Å². The van der Waals surface area contributed by atoms with Crippen molar-refractivity contribution in [2.24, 2.45) is 0 Å². The largest absolute Gasteiger partial charge is 0.334 e. The zero-order chi connectivity index (χ0) is 11.6. The molecule has 0 aliphatic carbocycles. The zero-order valence-electron chi connectivity index (χ0n) is 8.90. The molecule has 3 nitrogen and oxygen atoms in total. The molecule has 0 atom stereocenters. The van der Waals surface area contributed by atoms with Gasteiger partial charge in [0.2, 0.25) is 11.6 Å². The highest BCUT2D eigenvalue weighted by Gasteiger charge is 2.43. The lowest BCUT2D eigenvalue weighted by molar-refractivity contribution is -0.138. The number of halogens is 1. The summed E-state index contributed by atoms with van der Waals surface area (Å²) in [5.74, 6) is 5.08. The number of nitrogens with zero attached hydrogens (tertiary/aromatic N) is 2. The molecule has 0 saturated carbocycles. The van der Waals surface area contributed by atoms with Crippen molar-refractivity contribution in [2.75, 3.05) is 13.1 Å². The standard InChI is InChI=1S/C12H11FN2O/c1-10(16)15-8-12(13,9-15)6-5-11-4-2-3-7-14-11/h2-4,7H,8-9H2,1H3. The highest BCUT2D eigenvalue weighted by Crippen LogP contribution is 2.24. The minimum absolute atomic E-state index is 0.0577. The summed E-state index contributed by atoms with van der Waals surface area (Å²) in [6, 6.07) is 5.29. The topological polar surface area (TPSA) is 33.2 Å². The van der Waals surface area contributed by atoms with Gasteiger partial charge in [0.05, 0.1) is 13.1 Å². The second-order valence-electron chi connectivity index (χ2n) is 3.81. The molecule has 1 saturated heterocycles. The van der Waals surface area contributed by atoms with Gasteiger partial charge in [0.1, 0.15) is 5.69 Å². The van der Waals surface area contributed by atoms with Gasteiger partial charge >= 0.3 is 0 Å². The first-order chi connectivity index (χ1) is 7.59.